The molecule has 0 amide bonds. The third-order valence-corrected chi connectivity index (χ3v) is 0.900. The van der Waals surface area contributed by atoms with Crippen LogP contribution in [0.15, 0.2) is 37.0 Å². The van der Waals surface area contributed by atoms with E-state index in [2.05, 4.69) is 19.1 Å². The van der Waals surface area contributed by atoms with Crippen LogP contribution in [-0.4, -0.2) is 0 Å². The van der Waals surface area contributed by atoms with Crippen LogP contribution in [0.25, 0.3) is 0 Å². The summed E-state index contributed by atoms with van der Waals surface area (Å²) in [6, 6.07) is 0. The molecule has 0 heteroatoms. The van der Waals surface area contributed by atoms with Gasteiger partial charge in [0.05, 0.1) is 0 Å². The Labute approximate surface area is 56.6 Å². The number of terminal acetylenes is 1. The molecule has 0 N–H and O–H groups in total. The highest BCUT2D eigenvalue weighted by Crippen LogP contribution is 1.99. The Morgan fingerprint density at radius 3 is 2.56 bits per heavy atom. The summed E-state index contributed by atoms with van der Waals surface area (Å²) in [6.45, 7) is 7.12. The molecule has 0 spiro atoms. The molecular weight excluding hydrogens is 108 g/mol. The van der Waals surface area contributed by atoms with Crippen LogP contribution < -0.4 is 0 Å². The first kappa shape index (κ1) is 7.78. The van der Waals surface area contributed by atoms with Crippen LogP contribution in [0, 0.1) is 12.3 Å². The molecule has 9 heavy (non-hydrogen) atoms. The second kappa shape index (κ2) is 4.93. The lowest BCUT2D eigenvalue weighted by Gasteiger charge is -1.88. The van der Waals surface area contributed by atoms with Crippen LogP contribution in [0.5, 0.6) is 0 Å². The molecule has 0 saturated heterocycles. The van der Waals surface area contributed by atoms with Crippen molar-refractivity contribution in [1.29, 1.82) is 0 Å². The normalized spacial score (nSPS) is 9.89. The minimum atomic E-state index is 0.634. The van der Waals surface area contributed by atoms with Gasteiger partial charge in [-0.25, -0.2) is 0 Å². The lowest BCUT2D eigenvalue weighted by atomic mass is 10.2. The fourth-order valence-electron chi connectivity index (χ4n) is 0.468. The van der Waals surface area contributed by atoms with Crippen molar-refractivity contribution >= 4 is 0 Å². The zero-order valence-electron chi connectivity index (χ0n) is 5.43. The molecule has 0 atom stereocenters. The fraction of sp³-hybridized carbons (Fsp3) is 0.111. The summed E-state index contributed by atoms with van der Waals surface area (Å²) in [5.74, 6) is 2.52. The van der Waals surface area contributed by atoms with Gasteiger partial charge in [0.1, 0.15) is 0 Å². The minimum Gasteiger partial charge on any atom is -0.120 e. The summed E-state index contributed by atoms with van der Waals surface area (Å²) >= 11 is 0. The van der Waals surface area contributed by atoms with E-state index in [9.17, 15) is 0 Å². The van der Waals surface area contributed by atoms with Gasteiger partial charge in [-0.15, -0.1) is 12.3 Å². The fourth-order valence-corrected chi connectivity index (χ4v) is 0.468. The average molecular weight is 118 g/mol. The number of hydrogen-bond acceptors (Lipinski definition) is 0. The van der Waals surface area contributed by atoms with Crippen molar-refractivity contribution in [2.45, 2.75) is 6.42 Å². The van der Waals surface area contributed by atoms with Crippen molar-refractivity contribution in [3.8, 4) is 12.3 Å². The van der Waals surface area contributed by atoms with Crippen LogP contribution in [0.1, 0.15) is 6.42 Å². The van der Waals surface area contributed by atoms with E-state index in [4.69, 9.17) is 6.42 Å². The molecule has 0 aliphatic heterocycles. The zero-order chi connectivity index (χ0) is 7.11. The van der Waals surface area contributed by atoms with Crippen molar-refractivity contribution < 1.29 is 0 Å². The Morgan fingerprint density at radius 1 is 1.56 bits per heavy atom. The average Bonchev–Trinajstić information content (AvgIpc) is 1.88. The van der Waals surface area contributed by atoms with Gasteiger partial charge in [-0.1, -0.05) is 31.4 Å². The smallest absolute Gasteiger partial charge is 0.0337 e. The third kappa shape index (κ3) is 3.37. The molecule has 0 bridgehead atoms. The molecule has 0 aliphatic rings. The summed E-state index contributed by atoms with van der Waals surface area (Å²) in [5, 5.41) is 0. The number of allylic oxidation sites excluding steroid dienone is 4. The van der Waals surface area contributed by atoms with Crippen molar-refractivity contribution in [1.82, 2.24) is 0 Å². The van der Waals surface area contributed by atoms with E-state index in [1.54, 1.807) is 12.2 Å². The molecule has 0 aromatic heterocycles. The Bertz CT molecular complexity index is 165. The molecule has 0 saturated carbocycles. The van der Waals surface area contributed by atoms with E-state index in [0.29, 0.717) is 6.42 Å². The van der Waals surface area contributed by atoms with Crippen molar-refractivity contribution in [2.24, 2.45) is 0 Å². The van der Waals surface area contributed by atoms with Crippen LogP contribution in [0.2, 0.25) is 0 Å². The molecule has 0 aliphatic carbocycles. The molecule has 0 radical (unpaired) electrons. The molecule has 0 rings (SSSR count). The van der Waals surface area contributed by atoms with Crippen molar-refractivity contribution in [3.63, 3.8) is 0 Å². The second-order valence-corrected chi connectivity index (χ2v) is 1.56. The Hall–Kier alpha value is -1.22. The highest BCUT2D eigenvalue weighted by Gasteiger charge is 1.82. The maximum Gasteiger partial charge on any atom is 0.0337 e. The van der Waals surface area contributed by atoms with Gasteiger partial charge in [0.15, 0.2) is 0 Å². The van der Waals surface area contributed by atoms with E-state index in [1.165, 1.54) is 0 Å². The van der Waals surface area contributed by atoms with Crippen molar-refractivity contribution in [3.05, 3.63) is 37.0 Å². The van der Waals surface area contributed by atoms with Gasteiger partial charge >= 0.3 is 0 Å². The molecular formula is C9H10. The molecule has 0 nitrogen and oxygen atoms in total. The SMILES string of the molecule is C#CC/C(C=C)=C/C=C. The summed E-state index contributed by atoms with van der Waals surface area (Å²) in [7, 11) is 0. The molecule has 0 aromatic carbocycles. The molecule has 0 heterocycles. The maximum atomic E-state index is 5.06. The van der Waals surface area contributed by atoms with Crippen molar-refractivity contribution in [2.75, 3.05) is 0 Å². The van der Waals surface area contributed by atoms with Gasteiger partial charge < -0.3 is 0 Å². The minimum absolute atomic E-state index is 0.634. The van der Waals surface area contributed by atoms with Gasteiger partial charge in [0.2, 0.25) is 0 Å². The van der Waals surface area contributed by atoms with Crippen LogP contribution in [0.4, 0.5) is 0 Å². The Balaban J connectivity index is 4.00. The standard InChI is InChI=1S/C9H10/c1-4-7-9(6-3)8-5-2/h1,5-6,8H,2-3,7H2/b9-8+. The zero-order valence-corrected chi connectivity index (χ0v) is 5.43. The van der Waals surface area contributed by atoms with Crippen LogP contribution in [-0.2, 0) is 0 Å². The summed E-state index contributed by atoms with van der Waals surface area (Å²) in [5.41, 5.74) is 1.03. The molecule has 0 unspecified atom stereocenters. The first-order valence-corrected chi connectivity index (χ1v) is 2.72. The largest absolute Gasteiger partial charge is 0.120 e. The van der Waals surface area contributed by atoms with E-state index in [-0.39, 0.29) is 0 Å². The lowest BCUT2D eigenvalue weighted by Crippen LogP contribution is -1.71. The quantitative estimate of drug-likeness (QED) is 0.394. The Kier molecular flexibility index (Phi) is 4.26. The van der Waals surface area contributed by atoms with Gasteiger partial charge in [0, 0.05) is 6.42 Å². The molecule has 0 fully saturated rings. The monoisotopic (exact) mass is 118 g/mol. The van der Waals surface area contributed by atoms with Crippen LogP contribution >= 0.6 is 0 Å². The predicted molar refractivity (Wildman–Crippen MR) is 41.9 cm³/mol. The van der Waals surface area contributed by atoms with Gasteiger partial charge in [0.25, 0.3) is 0 Å². The van der Waals surface area contributed by atoms with Gasteiger partial charge in [-0.05, 0) is 5.57 Å². The molecule has 46 valence electrons. The first-order valence-electron chi connectivity index (χ1n) is 2.72. The first-order chi connectivity index (χ1) is 4.35. The topological polar surface area (TPSA) is 0 Å². The second-order valence-electron chi connectivity index (χ2n) is 1.56. The van der Waals surface area contributed by atoms with E-state index >= 15 is 0 Å². The van der Waals surface area contributed by atoms with E-state index in [1.807, 2.05) is 6.08 Å². The summed E-state index contributed by atoms with van der Waals surface area (Å²) < 4.78 is 0. The maximum absolute atomic E-state index is 5.06. The lowest BCUT2D eigenvalue weighted by molar-refractivity contribution is 1.35. The number of hydrogen-bond donors (Lipinski definition) is 0. The molecule has 0 aromatic rings. The van der Waals surface area contributed by atoms with Gasteiger partial charge in [-0.2, -0.15) is 0 Å². The predicted octanol–water partition coefficient (Wildman–Crippen LogP) is 2.31. The van der Waals surface area contributed by atoms with E-state index < -0.39 is 0 Å². The van der Waals surface area contributed by atoms with Crippen LogP contribution in [0.3, 0.4) is 0 Å². The number of rotatable bonds is 3. The highest BCUT2D eigenvalue weighted by atomic mass is 13.9. The Morgan fingerprint density at radius 2 is 2.22 bits per heavy atom. The summed E-state index contributed by atoms with van der Waals surface area (Å²) in [6.07, 6.45) is 11.0. The third-order valence-electron chi connectivity index (χ3n) is 0.900. The summed E-state index contributed by atoms with van der Waals surface area (Å²) in [4.78, 5) is 0. The van der Waals surface area contributed by atoms with E-state index in [0.717, 1.165) is 5.57 Å². The van der Waals surface area contributed by atoms with Gasteiger partial charge in [-0.3, -0.25) is 0 Å². The highest BCUT2D eigenvalue weighted by molar-refractivity contribution is 5.24.